The fourth-order valence-electron chi connectivity index (χ4n) is 1.10. The van der Waals surface area contributed by atoms with Crippen LogP contribution >= 0.6 is 0 Å². The largest absolute Gasteiger partial charge is 0.469 e. The Labute approximate surface area is 93.0 Å². The topological polar surface area (TPSA) is 92.2 Å². The van der Waals surface area contributed by atoms with Crippen LogP contribution in [0.1, 0.15) is 19.8 Å². The average Bonchev–Trinajstić information content (AvgIpc) is 2.60. The fraction of sp³-hybridized carbons (Fsp3) is 0.556. The van der Waals surface area contributed by atoms with Gasteiger partial charge in [0.15, 0.2) is 0 Å². The first kappa shape index (κ1) is 12.2. The third-order valence-electron chi connectivity index (χ3n) is 1.89. The van der Waals surface area contributed by atoms with Crippen LogP contribution in [0.3, 0.4) is 0 Å². The number of rotatable bonds is 4. The van der Waals surface area contributed by atoms with Crippen molar-refractivity contribution in [1.29, 1.82) is 0 Å². The number of esters is 1. The van der Waals surface area contributed by atoms with Gasteiger partial charge in [0.1, 0.15) is 6.04 Å². The lowest BCUT2D eigenvalue weighted by Gasteiger charge is -2.04. The van der Waals surface area contributed by atoms with Crippen molar-refractivity contribution in [2.24, 2.45) is 10.2 Å². The van der Waals surface area contributed by atoms with E-state index in [9.17, 15) is 9.59 Å². The summed E-state index contributed by atoms with van der Waals surface area (Å²) in [4.78, 5) is 22.3. The van der Waals surface area contributed by atoms with Gasteiger partial charge >= 0.3 is 5.97 Å². The van der Waals surface area contributed by atoms with Gasteiger partial charge in [-0.05, 0) is 6.42 Å². The van der Waals surface area contributed by atoms with Gasteiger partial charge < -0.3 is 10.1 Å². The molecular weight excluding hydrogens is 212 g/mol. The number of carbonyl (C=O) groups excluding carboxylic acids is 2. The van der Waals surface area contributed by atoms with Gasteiger partial charge in [0.05, 0.1) is 13.5 Å². The molecule has 1 aliphatic heterocycles. The highest BCUT2D eigenvalue weighted by molar-refractivity contribution is 6.07. The first-order chi connectivity index (χ1) is 7.67. The smallest absolute Gasteiger partial charge is 0.308 e. The molecule has 88 valence electrons. The lowest BCUT2D eigenvalue weighted by molar-refractivity contribution is -0.142. The van der Waals surface area contributed by atoms with Gasteiger partial charge in [0.25, 0.3) is 0 Å². The molecule has 2 N–H and O–H groups in total. The summed E-state index contributed by atoms with van der Waals surface area (Å²) in [5.41, 5.74) is 0. The van der Waals surface area contributed by atoms with Crippen LogP contribution < -0.4 is 10.6 Å². The standard InChI is InChI=1S/C9H14N4O3/c1-3-4-10-13-9-11-6(8(15)12-9)5-7(14)16-2/h4,6H,3,5H2,1-2H3,(H2,11,12,13,15). The highest BCUT2D eigenvalue weighted by Crippen LogP contribution is 2.00. The summed E-state index contributed by atoms with van der Waals surface area (Å²) in [7, 11) is 1.27. The molecule has 0 aromatic carbocycles. The number of hydrogen-bond donors (Lipinski definition) is 2. The molecule has 0 bridgehead atoms. The normalized spacial score (nSPS) is 22.2. The van der Waals surface area contributed by atoms with Crippen molar-refractivity contribution in [3.05, 3.63) is 0 Å². The second-order valence-corrected chi connectivity index (χ2v) is 3.12. The zero-order chi connectivity index (χ0) is 12.0. The molecule has 1 saturated heterocycles. The highest BCUT2D eigenvalue weighted by Gasteiger charge is 2.30. The maximum Gasteiger partial charge on any atom is 0.308 e. The Hall–Kier alpha value is -1.92. The van der Waals surface area contributed by atoms with Crippen molar-refractivity contribution in [3.8, 4) is 0 Å². The van der Waals surface area contributed by atoms with Crippen molar-refractivity contribution < 1.29 is 14.3 Å². The minimum absolute atomic E-state index is 0.0289. The van der Waals surface area contributed by atoms with Gasteiger partial charge in [0, 0.05) is 6.21 Å². The summed E-state index contributed by atoms with van der Waals surface area (Å²) in [5, 5.41) is 12.7. The molecule has 0 spiro atoms. The lowest BCUT2D eigenvalue weighted by Crippen LogP contribution is -2.32. The van der Waals surface area contributed by atoms with Crippen molar-refractivity contribution in [2.45, 2.75) is 25.8 Å². The zero-order valence-electron chi connectivity index (χ0n) is 9.19. The third kappa shape index (κ3) is 3.34. The quantitative estimate of drug-likeness (QED) is 0.380. The first-order valence-corrected chi connectivity index (χ1v) is 4.91. The van der Waals surface area contributed by atoms with Crippen LogP contribution in [0.25, 0.3) is 0 Å². The van der Waals surface area contributed by atoms with E-state index in [0.717, 1.165) is 6.42 Å². The summed E-state index contributed by atoms with van der Waals surface area (Å²) >= 11 is 0. The van der Waals surface area contributed by atoms with Gasteiger partial charge in [-0.3, -0.25) is 14.9 Å². The Kier molecular flexibility index (Phi) is 4.43. The number of nitrogens with one attached hydrogen (secondary N) is 2. The Balaban J connectivity index is 2.53. The number of hydrogen-bond acceptors (Lipinski definition) is 5. The summed E-state index contributed by atoms with van der Waals surface area (Å²) in [6.45, 7) is 1.92. The van der Waals surface area contributed by atoms with E-state index in [-0.39, 0.29) is 18.3 Å². The van der Waals surface area contributed by atoms with Crippen LogP contribution in [0.15, 0.2) is 10.2 Å². The molecule has 0 radical (unpaired) electrons. The van der Waals surface area contributed by atoms with E-state index in [1.54, 1.807) is 6.21 Å². The second-order valence-electron chi connectivity index (χ2n) is 3.12. The van der Waals surface area contributed by atoms with Gasteiger partial charge in [-0.2, -0.15) is 5.10 Å². The van der Waals surface area contributed by atoms with E-state index in [0.29, 0.717) is 0 Å². The summed E-state index contributed by atoms with van der Waals surface area (Å²) in [6, 6.07) is -0.636. The van der Waals surface area contributed by atoms with Crippen LogP contribution in [0, 0.1) is 0 Å². The number of ether oxygens (including phenoxy) is 1. The van der Waals surface area contributed by atoms with Gasteiger partial charge in [0.2, 0.25) is 11.9 Å². The molecule has 1 unspecified atom stereocenters. The molecule has 1 aliphatic rings. The SMILES string of the molecule is CCC=NN=C1NC(=O)C(CC(=O)OC)N1. The first-order valence-electron chi connectivity index (χ1n) is 4.91. The van der Waals surface area contributed by atoms with Gasteiger partial charge in [-0.25, -0.2) is 0 Å². The van der Waals surface area contributed by atoms with Gasteiger partial charge in [-0.1, -0.05) is 6.92 Å². The minimum atomic E-state index is -0.636. The molecule has 16 heavy (non-hydrogen) atoms. The Morgan fingerprint density at radius 1 is 1.62 bits per heavy atom. The van der Waals surface area contributed by atoms with E-state index in [1.165, 1.54) is 7.11 Å². The number of amides is 1. The third-order valence-corrected chi connectivity index (χ3v) is 1.89. The predicted octanol–water partition coefficient (Wildman–Crippen LogP) is -0.611. The van der Waals surface area contributed by atoms with Gasteiger partial charge in [-0.15, -0.1) is 5.10 Å². The molecule has 1 amide bonds. The number of nitrogens with zero attached hydrogens (tertiary/aromatic N) is 2. The highest BCUT2D eigenvalue weighted by atomic mass is 16.5. The number of methoxy groups -OCH3 is 1. The maximum atomic E-state index is 11.4. The van der Waals surface area contributed by atoms with E-state index >= 15 is 0 Å². The Morgan fingerprint density at radius 3 is 3.00 bits per heavy atom. The van der Waals surface area contributed by atoms with E-state index in [2.05, 4.69) is 25.6 Å². The Bertz CT molecular complexity index is 338. The predicted molar refractivity (Wildman–Crippen MR) is 57.9 cm³/mol. The molecular formula is C9H14N4O3. The molecule has 1 atom stereocenters. The molecule has 1 fully saturated rings. The van der Waals surface area contributed by atoms with Crippen molar-refractivity contribution in [2.75, 3.05) is 7.11 Å². The van der Waals surface area contributed by atoms with Crippen molar-refractivity contribution >= 4 is 24.1 Å². The van der Waals surface area contributed by atoms with Crippen molar-refractivity contribution in [1.82, 2.24) is 10.6 Å². The summed E-state index contributed by atoms with van der Waals surface area (Å²) < 4.78 is 4.47. The lowest BCUT2D eigenvalue weighted by atomic mass is 10.2. The van der Waals surface area contributed by atoms with E-state index in [1.807, 2.05) is 6.92 Å². The summed E-state index contributed by atoms with van der Waals surface area (Å²) in [5.74, 6) is -0.509. The fourth-order valence-corrected chi connectivity index (χ4v) is 1.10. The molecule has 0 aromatic heterocycles. The average molecular weight is 226 g/mol. The molecule has 7 nitrogen and oxygen atoms in total. The van der Waals surface area contributed by atoms with E-state index < -0.39 is 12.0 Å². The molecule has 1 heterocycles. The molecule has 0 aliphatic carbocycles. The Morgan fingerprint density at radius 2 is 2.38 bits per heavy atom. The van der Waals surface area contributed by atoms with E-state index in [4.69, 9.17) is 0 Å². The maximum absolute atomic E-state index is 11.4. The monoisotopic (exact) mass is 226 g/mol. The molecule has 0 saturated carbocycles. The molecule has 7 heteroatoms. The van der Waals surface area contributed by atoms with Crippen molar-refractivity contribution in [3.63, 3.8) is 0 Å². The number of guanidine groups is 1. The molecule has 1 rings (SSSR count). The molecule has 0 aromatic rings. The summed E-state index contributed by atoms with van der Waals surface area (Å²) in [6.07, 6.45) is 2.34. The van der Waals surface area contributed by atoms with Crippen LogP contribution in [-0.4, -0.2) is 37.2 Å². The number of carbonyl (C=O) groups is 2. The minimum Gasteiger partial charge on any atom is -0.469 e. The van der Waals surface area contributed by atoms with Crippen LogP contribution in [0.2, 0.25) is 0 Å². The van der Waals surface area contributed by atoms with Crippen LogP contribution in [0.4, 0.5) is 0 Å². The van der Waals surface area contributed by atoms with Crippen LogP contribution in [0.5, 0.6) is 0 Å². The zero-order valence-corrected chi connectivity index (χ0v) is 9.19. The van der Waals surface area contributed by atoms with Crippen LogP contribution in [-0.2, 0) is 14.3 Å². The second kappa shape index (κ2) is 5.84.